The van der Waals surface area contributed by atoms with Gasteiger partial charge in [0.1, 0.15) is 0 Å². The van der Waals surface area contributed by atoms with Crippen molar-refractivity contribution in [3.63, 3.8) is 0 Å². The maximum atomic E-state index is 12.3. The molecule has 1 saturated heterocycles. The summed E-state index contributed by atoms with van der Waals surface area (Å²) in [6, 6.07) is 6.33. The fourth-order valence-electron chi connectivity index (χ4n) is 2.87. The zero-order chi connectivity index (χ0) is 15.8. The number of thiazole rings is 1. The van der Waals surface area contributed by atoms with E-state index in [4.69, 9.17) is 4.98 Å². The van der Waals surface area contributed by atoms with Crippen molar-refractivity contribution >= 4 is 38.3 Å². The van der Waals surface area contributed by atoms with Crippen molar-refractivity contribution in [3.8, 4) is 0 Å². The fourth-order valence-corrected chi connectivity index (χ4v) is 3.85. The average molecular weight is 327 g/mol. The first-order valence-corrected chi connectivity index (χ1v) is 8.42. The fraction of sp³-hybridized carbons (Fsp3) is 0.312. The Morgan fingerprint density at radius 2 is 2.39 bits per heavy atom. The summed E-state index contributed by atoms with van der Waals surface area (Å²) in [4.78, 5) is 19.2. The van der Waals surface area contributed by atoms with Gasteiger partial charge < -0.3 is 10.2 Å². The molecular formula is C16H17N5OS. The number of H-pyrrole nitrogens is 1. The molecule has 1 aromatic carbocycles. The van der Waals surface area contributed by atoms with Crippen LogP contribution in [0.25, 0.3) is 10.2 Å². The highest BCUT2D eigenvalue weighted by Crippen LogP contribution is 2.32. The lowest BCUT2D eigenvalue weighted by Crippen LogP contribution is -2.26. The van der Waals surface area contributed by atoms with Gasteiger partial charge in [0.05, 0.1) is 28.0 Å². The lowest BCUT2D eigenvalue weighted by atomic mass is 10.1. The molecule has 0 aliphatic carbocycles. The molecule has 0 saturated carbocycles. The van der Waals surface area contributed by atoms with Gasteiger partial charge in [-0.3, -0.25) is 9.89 Å². The maximum Gasteiger partial charge on any atom is 0.229 e. The molecule has 0 radical (unpaired) electrons. The van der Waals surface area contributed by atoms with Crippen LogP contribution in [0.3, 0.4) is 0 Å². The number of nitrogens with zero attached hydrogens (tertiary/aromatic N) is 3. The Balaban J connectivity index is 1.47. The van der Waals surface area contributed by atoms with Crippen molar-refractivity contribution in [3.05, 3.63) is 36.2 Å². The number of aromatic amines is 1. The van der Waals surface area contributed by atoms with Gasteiger partial charge in [-0.05, 0) is 31.0 Å². The number of carbonyl (C=O) groups excluding carboxylic acids is 1. The molecule has 118 valence electrons. The number of anilines is 2. The largest absolute Gasteiger partial charge is 0.347 e. The topological polar surface area (TPSA) is 73.9 Å². The molecule has 1 aliphatic heterocycles. The lowest BCUT2D eigenvalue weighted by molar-refractivity contribution is -0.119. The zero-order valence-electron chi connectivity index (χ0n) is 12.7. The molecule has 2 aromatic heterocycles. The van der Waals surface area contributed by atoms with Crippen LogP contribution < -0.4 is 10.2 Å². The van der Waals surface area contributed by atoms with Crippen LogP contribution in [0, 0.1) is 12.8 Å². The minimum atomic E-state index is -0.0151. The number of carbonyl (C=O) groups is 1. The summed E-state index contributed by atoms with van der Waals surface area (Å²) < 4.78 is 1.19. The van der Waals surface area contributed by atoms with Gasteiger partial charge in [0, 0.05) is 19.3 Å². The molecule has 0 bridgehead atoms. The van der Waals surface area contributed by atoms with Crippen molar-refractivity contribution in [1.82, 2.24) is 15.2 Å². The van der Waals surface area contributed by atoms with Crippen LogP contribution in [-0.4, -0.2) is 34.2 Å². The van der Waals surface area contributed by atoms with Crippen LogP contribution in [0.5, 0.6) is 0 Å². The van der Waals surface area contributed by atoms with Crippen molar-refractivity contribution in [2.24, 2.45) is 5.92 Å². The van der Waals surface area contributed by atoms with E-state index in [-0.39, 0.29) is 11.8 Å². The van der Waals surface area contributed by atoms with Gasteiger partial charge in [-0.25, -0.2) is 4.98 Å². The molecule has 3 aromatic rings. The van der Waals surface area contributed by atoms with Crippen molar-refractivity contribution < 1.29 is 4.79 Å². The van der Waals surface area contributed by atoms with E-state index in [1.807, 2.05) is 0 Å². The summed E-state index contributed by atoms with van der Waals surface area (Å²) in [5.74, 6) is 0.0319. The number of hydrogen-bond acceptors (Lipinski definition) is 5. The van der Waals surface area contributed by atoms with Crippen LogP contribution in [0.2, 0.25) is 0 Å². The Morgan fingerprint density at radius 3 is 3.22 bits per heavy atom. The monoisotopic (exact) mass is 327 g/mol. The van der Waals surface area contributed by atoms with E-state index in [1.165, 1.54) is 10.3 Å². The molecule has 0 spiro atoms. The van der Waals surface area contributed by atoms with E-state index in [9.17, 15) is 4.79 Å². The number of aryl methyl sites for hydroxylation is 1. The molecule has 6 nitrogen and oxygen atoms in total. The summed E-state index contributed by atoms with van der Waals surface area (Å²) in [6.45, 7) is 3.65. The Morgan fingerprint density at radius 1 is 1.48 bits per heavy atom. The van der Waals surface area contributed by atoms with Crippen LogP contribution in [0.15, 0.2) is 30.6 Å². The maximum absolute atomic E-state index is 12.3. The van der Waals surface area contributed by atoms with E-state index >= 15 is 0 Å². The first-order valence-electron chi connectivity index (χ1n) is 7.61. The number of rotatable bonds is 3. The highest BCUT2D eigenvalue weighted by atomic mass is 32.1. The first-order chi connectivity index (χ1) is 11.2. The second-order valence-electron chi connectivity index (χ2n) is 5.88. The van der Waals surface area contributed by atoms with E-state index in [0.29, 0.717) is 12.2 Å². The van der Waals surface area contributed by atoms with Crippen LogP contribution >= 0.6 is 11.3 Å². The third-order valence-electron chi connectivity index (χ3n) is 4.13. The molecule has 1 fully saturated rings. The highest BCUT2D eigenvalue weighted by molar-refractivity contribution is 7.22. The predicted octanol–water partition coefficient (Wildman–Crippen LogP) is 2.79. The van der Waals surface area contributed by atoms with Crippen molar-refractivity contribution in [2.45, 2.75) is 13.3 Å². The molecule has 7 heteroatoms. The van der Waals surface area contributed by atoms with Crippen LogP contribution in [0.1, 0.15) is 12.0 Å². The number of benzene rings is 1. The molecule has 1 amide bonds. The number of fused-ring (bicyclic) bond motifs is 1. The number of amides is 1. The molecule has 3 heterocycles. The van der Waals surface area contributed by atoms with Gasteiger partial charge in [-0.1, -0.05) is 17.4 Å². The molecular weight excluding hydrogens is 310 g/mol. The molecule has 1 atom stereocenters. The Hall–Kier alpha value is -2.41. The molecule has 2 N–H and O–H groups in total. The van der Waals surface area contributed by atoms with Gasteiger partial charge in [0.25, 0.3) is 0 Å². The van der Waals surface area contributed by atoms with Gasteiger partial charge in [-0.15, -0.1) is 0 Å². The van der Waals surface area contributed by atoms with Gasteiger partial charge >= 0.3 is 0 Å². The smallest absolute Gasteiger partial charge is 0.229 e. The standard InChI is InChI=1S/C16H17N5OS/c1-10-2-3-14-13(6-10)20-16(23-14)21-5-4-11(9-21)15(22)19-12-7-17-18-8-12/h2-3,6-8,11H,4-5,9H2,1H3,(H,17,18)(H,19,22). The third-order valence-corrected chi connectivity index (χ3v) is 5.22. The third kappa shape index (κ3) is 2.79. The zero-order valence-corrected chi connectivity index (χ0v) is 13.6. The summed E-state index contributed by atoms with van der Waals surface area (Å²) in [5, 5.41) is 10.4. The molecule has 23 heavy (non-hydrogen) atoms. The first kappa shape index (κ1) is 14.2. The Bertz CT molecular complexity index is 841. The van der Waals surface area contributed by atoms with Gasteiger partial charge in [0.15, 0.2) is 5.13 Å². The van der Waals surface area contributed by atoms with Crippen molar-refractivity contribution in [2.75, 3.05) is 23.3 Å². The normalized spacial score (nSPS) is 17.8. The second-order valence-corrected chi connectivity index (χ2v) is 6.88. The minimum absolute atomic E-state index is 0.0151. The van der Waals surface area contributed by atoms with Crippen molar-refractivity contribution in [1.29, 1.82) is 0 Å². The number of aromatic nitrogens is 3. The minimum Gasteiger partial charge on any atom is -0.347 e. The summed E-state index contributed by atoms with van der Waals surface area (Å²) >= 11 is 1.69. The van der Waals surface area contributed by atoms with E-state index in [0.717, 1.165) is 23.6 Å². The summed E-state index contributed by atoms with van der Waals surface area (Å²) in [5.41, 5.74) is 2.97. The van der Waals surface area contributed by atoms with Crippen LogP contribution in [-0.2, 0) is 4.79 Å². The Kier molecular flexibility index (Phi) is 3.49. The highest BCUT2D eigenvalue weighted by Gasteiger charge is 2.30. The van der Waals surface area contributed by atoms with Gasteiger partial charge in [0.2, 0.25) is 5.91 Å². The summed E-state index contributed by atoms with van der Waals surface area (Å²) in [6.07, 6.45) is 4.14. The molecule has 1 aliphatic rings. The average Bonchev–Trinajstić information content (AvgIpc) is 3.26. The Labute approximate surface area is 137 Å². The quantitative estimate of drug-likeness (QED) is 0.776. The van der Waals surface area contributed by atoms with Gasteiger partial charge in [-0.2, -0.15) is 5.10 Å². The van der Waals surface area contributed by atoms with Crippen LogP contribution in [0.4, 0.5) is 10.8 Å². The van der Waals surface area contributed by atoms with E-state index in [2.05, 4.69) is 45.5 Å². The lowest BCUT2D eigenvalue weighted by Gasteiger charge is -2.14. The predicted molar refractivity (Wildman–Crippen MR) is 91.9 cm³/mol. The SMILES string of the molecule is Cc1ccc2sc(N3CCC(C(=O)Nc4cn[nH]c4)C3)nc2c1. The van der Waals surface area contributed by atoms with E-state index < -0.39 is 0 Å². The summed E-state index contributed by atoms with van der Waals surface area (Å²) in [7, 11) is 0. The molecule has 4 rings (SSSR count). The second kappa shape index (κ2) is 5.66. The van der Waals surface area contributed by atoms with E-state index in [1.54, 1.807) is 23.7 Å². The molecule has 1 unspecified atom stereocenters. The number of nitrogens with one attached hydrogen (secondary N) is 2. The number of hydrogen-bond donors (Lipinski definition) is 2.